The number of halogens is 2. The summed E-state index contributed by atoms with van der Waals surface area (Å²) < 4.78 is 25.0. The molecule has 0 radical (unpaired) electrons. The van der Waals surface area contributed by atoms with E-state index in [1.807, 2.05) is 13.0 Å². The van der Waals surface area contributed by atoms with Gasteiger partial charge in [-0.05, 0) is 90.9 Å². The Bertz CT molecular complexity index is 1600. The summed E-state index contributed by atoms with van der Waals surface area (Å²) in [7, 11) is 0. The Labute approximate surface area is 245 Å². The van der Waals surface area contributed by atoms with Crippen molar-refractivity contribution in [3.8, 4) is 11.5 Å². The van der Waals surface area contributed by atoms with Crippen LogP contribution in [0.15, 0.2) is 96.0 Å². The third kappa shape index (κ3) is 5.86. The van der Waals surface area contributed by atoms with Crippen LogP contribution in [0.5, 0.6) is 11.5 Å². The third-order valence-electron chi connectivity index (χ3n) is 7.76. The monoisotopic (exact) mass is 566 g/mol. The van der Waals surface area contributed by atoms with Crippen molar-refractivity contribution in [2.24, 2.45) is 10.9 Å². The molecule has 41 heavy (non-hydrogen) atoms. The van der Waals surface area contributed by atoms with Gasteiger partial charge in [0.15, 0.2) is 11.5 Å². The zero-order chi connectivity index (χ0) is 28.3. The predicted molar refractivity (Wildman–Crippen MR) is 165 cm³/mol. The first-order chi connectivity index (χ1) is 20.0. The van der Waals surface area contributed by atoms with Gasteiger partial charge in [0.25, 0.3) is 0 Å². The fraction of sp³-hybridized carbons (Fsp3) is 0.229. The number of hydrogen-bond donors (Lipinski definition) is 1. The SMILES string of the molecule is CCOc1cc(C=Nc2ccc([C@@H]3Nc4ccc(C)cc4[C@@H]4C=CC[C@H]43)cc2)cc(Cl)c1OCc1ccc(F)cc1. The van der Waals surface area contributed by atoms with Crippen LogP contribution in [-0.4, -0.2) is 12.8 Å². The van der Waals surface area contributed by atoms with Crippen molar-refractivity contribution in [3.05, 3.63) is 130 Å². The topological polar surface area (TPSA) is 42.8 Å². The lowest BCUT2D eigenvalue weighted by Crippen LogP contribution is -2.29. The molecular formula is C35H32ClFN2O2. The van der Waals surface area contributed by atoms with Crippen molar-refractivity contribution in [3.63, 3.8) is 0 Å². The van der Waals surface area contributed by atoms with Gasteiger partial charge in [-0.3, -0.25) is 4.99 Å². The number of allylic oxidation sites excluding steroid dienone is 2. The lowest BCUT2D eigenvalue weighted by Gasteiger charge is -2.37. The van der Waals surface area contributed by atoms with Crippen LogP contribution in [-0.2, 0) is 6.61 Å². The molecule has 1 N–H and O–H groups in total. The van der Waals surface area contributed by atoms with Crippen molar-refractivity contribution in [2.75, 3.05) is 11.9 Å². The molecule has 4 nitrogen and oxygen atoms in total. The second kappa shape index (κ2) is 11.8. The molecule has 0 saturated heterocycles. The van der Waals surface area contributed by atoms with Gasteiger partial charge in [0, 0.05) is 17.8 Å². The molecule has 4 aromatic rings. The molecule has 0 aromatic heterocycles. The molecule has 1 heterocycles. The largest absolute Gasteiger partial charge is 0.490 e. The summed E-state index contributed by atoms with van der Waals surface area (Å²) in [5.74, 6) is 1.65. The number of anilines is 1. The summed E-state index contributed by atoms with van der Waals surface area (Å²) in [6.07, 6.45) is 7.54. The van der Waals surface area contributed by atoms with Gasteiger partial charge < -0.3 is 14.8 Å². The van der Waals surface area contributed by atoms with Gasteiger partial charge >= 0.3 is 0 Å². The summed E-state index contributed by atoms with van der Waals surface area (Å²) in [5, 5.41) is 4.23. The highest BCUT2D eigenvalue weighted by Crippen LogP contribution is 2.50. The van der Waals surface area contributed by atoms with Crippen molar-refractivity contribution in [2.45, 2.75) is 38.8 Å². The van der Waals surface area contributed by atoms with Crippen LogP contribution in [0.4, 0.5) is 15.8 Å². The lowest BCUT2D eigenvalue weighted by molar-refractivity contribution is 0.269. The first-order valence-electron chi connectivity index (χ1n) is 14.0. The minimum Gasteiger partial charge on any atom is -0.490 e. The average Bonchev–Trinajstić information content (AvgIpc) is 3.47. The molecule has 1 aliphatic heterocycles. The number of rotatable bonds is 8. The number of aryl methyl sites for hydroxylation is 1. The quantitative estimate of drug-likeness (QED) is 0.171. The Morgan fingerprint density at radius 1 is 1.00 bits per heavy atom. The highest BCUT2D eigenvalue weighted by Gasteiger charge is 2.37. The fourth-order valence-corrected chi connectivity index (χ4v) is 6.04. The van der Waals surface area contributed by atoms with Gasteiger partial charge in [0.05, 0.1) is 23.4 Å². The molecule has 6 heteroatoms. The minimum absolute atomic E-state index is 0.248. The molecular weight excluding hydrogens is 535 g/mol. The number of fused-ring (bicyclic) bond motifs is 3. The first kappa shape index (κ1) is 27.1. The molecule has 0 saturated carbocycles. The lowest BCUT2D eigenvalue weighted by atomic mass is 9.76. The Balaban J connectivity index is 1.17. The third-order valence-corrected chi connectivity index (χ3v) is 8.04. The minimum atomic E-state index is -0.286. The second-order valence-electron chi connectivity index (χ2n) is 10.6. The van der Waals surface area contributed by atoms with E-state index in [0.717, 1.165) is 23.2 Å². The van der Waals surface area contributed by atoms with Crippen molar-refractivity contribution < 1.29 is 13.9 Å². The zero-order valence-electron chi connectivity index (χ0n) is 23.1. The molecule has 1 aliphatic carbocycles. The van der Waals surface area contributed by atoms with Gasteiger partial charge in [-0.2, -0.15) is 0 Å². The van der Waals surface area contributed by atoms with Crippen LogP contribution < -0.4 is 14.8 Å². The highest BCUT2D eigenvalue weighted by molar-refractivity contribution is 6.32. The van der Waals surface area contributed by atoms with E-state index in [0.29, 0.717) is 35.0 Å². The van der Waals surface area contributed by atoms with E-state index in [2.05, 4.69) is 66.9 Å². The van der Waals surface area contributed by atoms with Gasteiger partial charge in [-0.1, -0.05) is 65.7 Å². The van der Waals surface area contributed by atoms with Gasteiger partial charge in [-0.15, -0.1) is 0 Å². The van der Waals surface area contributed by atoms with Crippen LogP contribution in [0.3, 0.4) is 0 Å². The average molecular weight is 567 g/mol. The molecule has 0 bridgehead atoms. The smallest absolute Gasteiger partial charge is 0.180 e. The number of hydrogen-bond acceptors (Lipinski definition) is 4. The summed E-state index contributed by atoms with van der Waals surface area (Å²) >= 11 is 6.60. The molecule has 4 aromatic carbocycles. The fourth-order valence-electron chi connectivity index (χ4n) is 5.76. The number of aliphatic imine (C=N–C) groups is 1. The summed E-state index contributed by atoms with van der Waals surface area (Å²) in [6, 6.07) is 25.3. The molecule has 0 amide bonds. The Morgan fingerprint density at radius 2 is 1.80 bits per heavy atom. The molecule has 0 fully saturated rings. The van der Waals surface area contributed by atoms with E-state index < -0.39 is 0 Å². The van der Waals surface area contributed by atoms with Gasteiger partial charge in [-0.25, -0.2) is 4.39 Å². The van der Waals surface area contributed by atoms with Crippen molar-refractivity contribution in [1.29, 1.82) is 0 Å². The Morgan fingerprint density at radius 3 is 2.59 bits per heavy atom. The van der Waals surface area contributed by atoms with Crippen LogP contribution >= 0.6 is 11.6 Å². The summed E-state index contributed by atoms with van der Waals surface area (Å²) in [5.41, 5.74) is 7.68. The molecule has 0 spiro atoms. The van der Waals surface area contributed by atoms with E-state index >= 15 is 0 Å². The van der Waals surface area contributed by atoms with Crippen molar-refractivity contribution >= 4 is 29.2 Å². The van der Waals surface area contributed by atoms with E-state index in [4.69, 9.17) is 26.1 Å². The molecule has 6 rings (SSSR count). The van der Waals surface area contributed by atoms with Gasteiger partial charge in [0.1, 0.15) is 12.4 Å². The maximum atomic E-state index is 13.2. The molecule has 208 valence electrons. The van der Waals surface area contributed by atoms with E-state index in [-0.39, 0.29) is 18.5 Å². The highest BCUT2D eigenvalue weighted by atomic mass is 35.5. The molecule has 0 unspecified atom stereocenters. The number of nitrogens with one attached hydrogen (secondary N) is 1. The standard InChI is InChI=1S/C35H32ClFN2O2/c1-3-40-33-19-24(18-31(36)35(33)41-21-23-8-12-26(37)13-9-23)20-38-27-14-10-25(11-15-27)34-29-6-4-5-28(29)30-17-22(2)7-16-32(30)39-34/h4-5,7-20,28-29,34,39H,3,6,21H2,1-2H3/t28-,29-,34+/m1/s1. The Kier molecular flexibility index (Phi) is 7.80. The first-order valence-corrected chi connectivity index (χ1v) is 14.4. The normalized spacial score (nSPS) is 19.1. The maximum absolute atomic E-state index is 13.2. The number of nitrogens with zero attached hydrogens (tertiary/aromatic N) is 1. The van der Waals surface area contributed by atoms with Crippen LogP contribution in [0.2, 0.25) is 5.02 Å². The van der Waals surface area contributed by atoms with Crippen molar-refractivity contribution in [1.82, 2.24) is 0 Å². The summed E-state index contributed by atoms with van der Waals surface area (Å²) in [6.45, 7) is 4.77. The van der Waals surface area contributed by atoms with Crippen LogP contribution in [0.1, 0.15) is 53.1 Å². The second-order valence-corrected chi connectivity index (χ2v) is 11.0. The van der Waals surface area contributed by atoms with E-state index in [9.17, 15) is 4.39 Å². The molecule has 3 atom stereocenters. The maximum Gasteiger partial charge on any atom is 0.180 e. The predicted octanol–water partition coefficient (Wildman–Crippen LogP) is 9.34. The molecule has 2 aliphatic rings. The van der Waals surface area contributed by atoms with Gasteiger partial charge in [0.2, 0.25) is 0 Å². The number of benzene rings is 4. The number of ether oxygens (including phenoxy) is 2. The summed E-state index contributed by atoms with van der Waals surface area (Å²) in [4.78, 5) is 4.70. The Hall–Kier alpha value is -4.09. The van der Waals surface area contributed by atoms with Crippen LogP contribution in [0, 0.1) is 18.7 Å². The van der Waals surface area contributed by atoms with Crippen LogP contribution in [0.25, 0.3) is 0 Å². The zero-order valence-corrected chi connectivity index (χ0v) is 23.9. The van der Waals surface area contributed by atoms with E-state index in [1.54, 1.807) is 24.4 Å². The van der Waals surface area contributed by atoms with E-state index in [1.165, 1.54) is 34.5 Å².